The van der Waals surface area contributed by atoms with Crippen molar-refractivity contribution in [2.24, 2.45) is 0 Å². The number of aromatic nitrogens is 2. The summed E-state index contributed by atoms with van der Waals surface area (Å²) in [5.74, 6) is 0.948. The van der Waals surface area contributed by atoms with Crippen molar-refractivity contribution in [1.82, 2.24) is 25.5 Å². The molecular formula is C28H28N6O4S. The number of anilines is 2. The van der Waals surface area contributed by atoms with Crippen LogP contribution in [0, 0.1) is 6.92 Å². The maximum absolute atomic E-state index is 13.5. The molecule has 1 fully saturated rings. The van der Waals surface area contributed by atoms with Crippen molar-refractivity contribution >= 4 is 41.0 Å². The van der Waals surface area contributed by atoms with E-state index in [9.17, 15) is 14.4 Å². The highest BCUT2D eigenvalue weighted by Gasteiger charge is 2.47. The van der Waals surface area contributed by atoms with Crippen LogP contribution in [0.15, 0.2) is 59.9 Å². The normalized spacial score (nSPS) is 21.7. The Balaban J connectivity index is 1.24. The number of thioether (sulfide) groups is 1. The topological polar surface area (TPSA) is 117 Å². The van der Waals surface area contributed by atoms with Gasteiger partial charge in [-0.1, -0.05) is 17.8 Å². The molecule has 1 aromatic carbocycles. The first-order chi connectivity index (χ1) is 18.9. The lowest BCUT2D eigenvalue weighted by molar-refractivity contribution is -0.131. The summed E-state index contributed by atoms with van der Waals surface area (Å²) >= 11 is 1.36. The van der Waals surface area contributed by atoms with E-state index in [2.05, 4.69) is 20.6 Å². The number of carbonyl (C=O) groups excluding carboxylic acids is 3. The van der Waals surface area contributed by atoms with Crippen LogP contribution in [-0.2, 0) is 9.59 Å². The van der Waals surface area contributed by atoms with Crippen molar-refractivity contribution in [2.75, 3.05) is 18.0 Å². The SMILES string of the molecule is CC(=O)N1CCCC(NC(=O)[C@@H]2Sc3nccc4c3C2NC(=O)N4c2ccc(Oc3ccccn3)cc2C)C1. The zero-order valence-electron chi connectivity index (χ0n) is 21.6. The van der Waals surface area contributed by atoms with Crippen LogP contribution in [0.5, 0.6) is 11.6 Å². The quantitative estimate of drug-likeness (QED) is 0.497. The van der Waals surface area contributed by atoms with E-state index in [4.69, 9.17) is 4.74 Å². The van der Waals surface area contributed by atoms with E-state index < -0.39 is 11.3 Å². The molecule has 2 N–H and O–H groups in total. The number of pyridine rings is 2. The molecule has 39 heavy (non-hydrogen) atoms. The van der Waals surface area contributed by atoms with Gasteiger partial charge in [-0.05, 0) is 55.7 Å². The standard InChI is InChI=1S/C28H28N6O4S/c1-16-14-19(38-22-7-3-4-11-29-22)8-9-20(16)34-21-10-12-30-27-23(21)24(32-28(34)37)25(39-27)26(36)31-18-6-5-13-33(15-18)17(2)35/h3-4,7-12,14,18,24-25H,5-6,13,15H2,1-2H3,(H,31,36)(H,32,37)/t18?,24?,25-/m1/s1. The minimum atomic E-state index is -0.553. The molecule has 200 valence electrons. The molecule has 5 heterocycles. The van der Waals surface area contributed by atoms with Crippen LogP contribution in [0.1, 0.15) is 36.9 Å². The number of likely N-dealkylation sites (tertiary alicyclic amines) is 1. The van der Waals surface area contributed by atoms with Crippen molar-refractivity contribution in [2.45, 2.75) is 49.0 Å². The Morgan fingerprint density at radius 3 is 2.77 bits per heavy atom. The third kappa shape index (κ3) is 4.78. The number of nitrogens with zero attached hydrogens (tertiary/aromatic N) is 4. The first-order valence-corrected chi connectivity index (χ1v) is 13.8. The average molecular weight is 545 g/mol. The molecule has 6 rings (SSSR count). The Morgan fingerprint density at radius 2 is 2.00 bits per heavy atom. The third-order valence-corrected chi connectivity index (χ3v) is 8.54. The Morgan fingerprint density at radius 1 is 1.13 bits per heavy atom. The van der Waals surface area contributed by atoms with Gasteiger partial charge in [0.15, 0.2) is 0 Å². The lowest BCUT2D eigenvalue weighted by atomic mass is 9.98. The highest BCUT2D eigenvalue weighted by molar-refractivity contribution is 8.01. The Labute approximate surface area is 230 Å². The van der Waals surface area contributed by atoms with Gasteiger partial charge in [-0.3, -0.25) is 14.5 Å². The van der Waals surface area contributed by atoms with E-state index in [0.29, 0.717) is 36.1 Å². The van der Waals surface area contributed by atoms with Crippen molar-refractivity contribution < 1.29 is 19.1 Å². The molecule has 4 amide bonds. The maximum Gasteiger partial charge on any atom is 0.327 e. The molecule has 2 unspecified atom stereocenters. The summed E-state index contributed by atoms with van der Waals surface area (Å²) < 4.78 is 5.86. The summed E-state index contributed by atoms with van der Waals surface area (Å²) in [6.45, 7) is 4.68. The van der Waals surface area contributed by atoms with Crippen LogP contribution >= 0.6 is 11.8 Å². The number of piperidine rings is 1. The van der Waals surface area contributed by atoms with Gasteiger partial charge in [-0.2, -0.15) is 0 Å². The van der Waals surface area contributed by atoms with Gasteiger partial charge >= 0.3 is 6.03 Å². The number of benzene rings is 1. The van der Waals surface area contributed by atoms with Crippen LogP contribution in [0.3, 0.4) is 0 Å². The minimum Gasteiger partial charge on any atom is -0.439 e. The first kappa shape index (κ1) is 25.2. The second kappa shape index (κ2) is 10.2. The lowest BCUT2D eigenvalue weighted by Gasteiger charge is -2.36. The molecule has 0 radical (unpaired) electrons. The number of hydrogen-bond acceptors (Lipinski definition) is 7. The molecule has 0 saturated carbocycles. The van der Waals surface area contributed by atoms with Crippen molar-refractivity contribution in [3.8, 4) is 11.6 Å². The van der Waals surface area contributed by atoms with E-state index >= 15 is 0 Å². The summed E-state index contributed by atoms with van der Waals surface area (Å²) in [6.07, 6.45) is 4.99. The van der Waals surface area contributed by atoms with Crippen LogP contribution in [0.4, 0.5) is 16.2 Å². The molecule has 3 aromatic rings. The molecule has 0 aliphatic carbocycles. The van der Waals surface area contributed by atoms with Crippen molar-refractivity contribution in [1.29, 1.82) is 0 Å². The molecule has 0 spiro atoms. The van der Waals surface area contributed by atoms with Gasteiger partial charge in [0.1, 0.15) is 16.0 Å². The molecule has 11 heteroatoms. The summed E-state index contributed by atoms with van der Waals surface area (Å²) in [7, 11) is 0. The number of amides is 4. The number of hydrogen-bond donors (Lipinski definition) is 2. The maximum atomic E-state index is 13.5. The van der Waals surface area contributed by atoms with E-state index in [1.165, 1.54) is 11.8 Å². The van der Waals surface area contributed by atoms with E-state index in [1.54, 1.807) is 41.2 Å². The van der Waals surface area contributed by atoms with E-state index in [1.807, 2.05) is 37.3 Å². The molecule has 1 saturated heterocycles. The van der Waals surface area contributed by atoms with Crippen LogP contribution < -0.4 is 20.3 Å². The lowest BCUT2D eigenvalue weighted by Crippen LogP contribution is -2.53. The highest BCUT2D eigenvalue weighted by atomic mass is 32.2. The second-order valence-corrected chi connectivity index (χ2v) is 11.0. The highest BCUT2D eigenvalue weighted by Crippen LogP contribution is 2.51. The molecule has 3 atom stereocenters. The summed E-state index contributed by atoms with van der Waals surface area (Å²) in [4.78, 5) is 50.9. The Bertz CT molecular complexity index is 1450. The predicted octanol–water partition coefficient (Wildman–Crippen LogP) is 4.08. The molecule has 3 aliphatic heterocycles. The molecule has 2 aromatic heterocycles. The summed E-state index contributed by atoms with van der Waals surface area (Å²) in [6, 6.07) is 11.8. The number of ether oxygens (including phenoxy) is 1. The number of aryl methyl sites for hydroxylation is 1. The van der Waals surface area contributed by atoms with Gasteiger partial charge in [0.2, 0.25) is 17.7 Å². The second-order valence-electron chi connectivity index (χ2n) is 9.88. The zero-order chi connectivity index (χ0) is 27.1. The van der Waals surface area contributed by atoms with Gasteiger partial charge in [-0.15, -0.1) is 0 Å². The fourth-order valence-corrected chi connectivity index (χ4v) is 6.64. The first-order valence-electron chi connectivity index (χ1n) is 12.9. The van der Waals surface area contributed by atoms with Gasteiger partial charge < -0.3 is 20.3 Å². The summed E-state index contributed by atoms with van der Waals surface area (Å²) in [5.41, 5.74) is 3.09. The zero-order valence-corrected chi connectivity index (χ0v) is 22.4. The monoisotopic (exact) mass is 544 g/mol. The fourth-order valence-electron chi connectivity index (χ4n) is 5.40. The van der Waals surface area contributed by atoms with Crippen LogP contribution in [0.25, 0.3) is 0 Å². The number of rotatable bonds is 5. The van der Waals surface area contributed by atoms with Crippen LogP contribution in [0.2, 0.25) is 0 Å². The van der Waals surface area contributed by atoms with Crippen LogP contribution in [-0.4, -0.2) is 57.1 Å². The molecule has 0 bridgehead atoms. The molecule has 3 aliphatic rings. The number of nitrogens with one attached hydrogen (secondary N) is 2. The van der Waals surface area contributed by atoms with Gasteiger partial charge in [-0.25, -0.2) is 14.8 Å². The smallest absolute Gasteiger partial charge is 0.327 e. The largest absolute Gasteiger partial charge is 0.439 e. The predicted molar refractivity (Wildman–Crippen MR) is 146 cm³/mol. The Kier molecular flexibility index (Phi) is 6.59. The fraction of sp³-hybridized carbons (Fsp3) is 0.321. The molecule has 10 nitrogen and oxygen atoms in total. The van der Waals surface area contributed by atoms with Crippen molar-refractivity contribution in [3.63, 3.8) is 0 Å². The average Bonchev–Trinajstić information content (AvgIpc) is 3.30. The Hall–Kier alpha value is -4.12. The number of carbonyl (C=O) groups is 3. The molecular weight excluding hydrogens is 516 g/mol. The summed E-state index contributed by atoms with van der Waals surface area (Å²) in [5, 5.41) is 6.35. The van der Waals surface area contributed by atoms with E-state index in [-0.39, 0.29) is 23.9 Å². The number of urea groups is 1. The third-order valence-electron chi connectivity index (χ3n) is 7.25. The van der Waals surface area contributed by atoms with Gasteiger partial charge in [0.25, 0.3) is 0 Å². The van der Waals surface area contributed by atoms with E-state index in [0.717, 1.165) is 29.0 Å². The van der Waals surface area contributed by atoms with Gasteiger partial charge in [0.05, 0.1) is 17.4 Å². The van der Waals surface area contributed by atoms with Crippen molar-refractivity contribution in [3.05, 3.63) is 66.0 Å². The van der Waals surface area contributed by atoms with Gasteiger partial charge in [0, 0.05) is 50.1 Å². The minimum absolute atomic E-state index is 0.0108.